The van der Waals surface area contributed by atoms with Crippen LogP contribution in [0.25, 0.3) is 0 Å². The van der Waals surface area contributed by atoms with E-state index >= 15 is 0 Å². The molecule has 18 heavy (non-hydrogen) atoms. The van der Waals surface area contributed by atoms with Gasteiger partial charge < -0.3 is 15.7 Å². The summed E-state index contributed by atoms with van der Waals surface area (Å²) in [5.41, 5.74) is 6.78. The van der Waals surface area contributed by atoms with Crippen LogP contribution in [-0.2, 0) is 6.42 Å². The number of hydrogen-bond acceptors (Lipinski definition) is 4. The first kappa shape index (κ1) is 12.7. The van der Waals surface area contributed by atoms with Crippen LogP contribution in [0.4, 0.5) is 0 Å². The van der Waals surface area contributed by atoms with Crippen molar-refractivity contribution in [2.45, 2.75) is 19.4 Å². The van der Waals surface area contributed by atoms with Gasteiger partial charge in [0.05, 0.1) is 6.54 Å². The second-order valence-electron chi connectivity index (χ2n) is 4.47. The first-order valence-electron chi connectivity index (χ1n) is 6.16. The smallest absolute Gasteiger partial charge is 0.153 e. The number of para-hydroxylation sites is 1. The normalized spacial score (nSPS) is 18.8. The zero-order valence-corrected chi connectivity index (χ0v) is 10.5. The molecule has 0 amide bonds. The molecule has 1 aliphatic rings. The van der Waals surface area contributed by atoms with Crippen LogP contribution in [0, 0.1) is 0 Å². The molecule has 1 aromatic carbocycles. The molecule has 3 N–H and O–H groups in total. The van der Waals surface area contributed by atoms with Crippen molar-refractivity contribution >= 4 is 5.84 Å². The third kappa shape index (κ3) is 2.92. The Kier molecular flexibility index (Phi) is 4.04. The van der Waals surface area contributed by atoms with E-state index in [0.29, 0.717) is 6.54 Å². The van der Waals surface area contributed by atoms with E-state index in [2.05, 4.69) is 16.1 Å². The summed E-state index contributed by atoms with van der Waals surface area (Å²) in [6, 6.07) is 8.10. The van der Waals surface area contributed by atoms with E-state index in [4.69, 9.17) is 15.7 Å². The summed E-state index contributed by atoms with van der Waals surface area (Å²) in [7, 11) is 0. The van der Waals surface area contributed by atoms with Crippen molar-refractivity contribution in [1.82, 2.24) is 4.90 Å². The number of nitrogens with zero attached hydrogens (tertiary/aromatic N) is 2. The summed E-state index contributed by atoms with van der Waals surface area (Å²) in [6.45, 7) is 4.13. The van der Waals surface area contributed by atoms with Gasteiger partial charge in [-0.05, 0) is 18.2 Å². The van der Waals surface area contributed by atoms with Crippen LogP contribution >= 0.6 is 0 Å². The fraction of sp³-hybridized carbons (Fsp3) is 0.462. The number of ether oxygens (including phenoxy) is 1. The van der Waals surface area contributed by atoms with Gasteiger partial charge in [0, 0.05) is 13.0 Å². The largest absolute Gasteiger partial charge is 0.488 e. The zero-order chi connectivity index (χ0) is 13.0. The van der Waals surface area contributed by atoms with Gasteiger partial charge >= 0.3 is 0 Å². The minimum atomic E-state index is 0.147. The second-order valence-corrected chi connectivity index (χ2v) is 4.47. The number of likely N-dealkylation sites (N-methyl/N-ethyl adjacent to an activating group) is 1. The average Bonchev–Trinajstić information content (AvgIpc) is 2.79. The molecule has 0 fully saturated rings. The highest BCUT2D eigenvalue weighted by atomic mass is 16.5. The summed E-state index contributed by atoms with van der Waals surface area (Å²) in [6.07, 6.45) is 1.07. The molecule has 0 aliphatic carbocycles. The van der Waals surface area contributed by atoms with Crippen LogP contribution in [0.3, 0.4) is 0 Å². The monoisotopic (exact) mass is 249 g/mol. The quantitative estimate of drug-likeness (QED) is 0.354. The molecule has 1 aromatic rings. The molecule has 0 bridgehead atoms. The Hall–Kier alpha value is -1.75. The van der Waals surface area contributed by atoms with E-state index in [9.17, 15) is 0 Å². The number of rotatable bonds is 5. The average molecular weight is 249 g/mol. The van der Waals surface area contributed by atoms with Gasteiger partial charge in [0.2, 0.25) is 0 Å². The van der Waals surface area contributed by atoms with Crippen LogP contribution in [-0.4, -0.2) is 41.7 Å². The van der Waals surface area contributed by atoms with Crippen molar-refractivity contribution in [3.05, 3.63) is 29.8 Å². The van der Waals surface area contributed by atoms with E-state index in [0.717, 1.165) is 25.3 Å². The lowest BCUT2D eigenvalue weighted by atomic mass is 10.1. The number of fused-ring (bicyclic) bond motifs is 1. The maximum Gasteiger partial charge on any atom is 0.153 e. The Balaban J connectivity index is 1.91. The topological polar surface area (TPSA) is 71.1 Å². The van der Waals surface area contributed by atoms with Crippen LogP contribution in [0.1, 0.15) is 12.5 Å². The fourth-order valence-corrected chi connectivity index (χ4v) is 2.21. The minimum absolute atomic E-state index is 0.147. The van der Waals surface area contributed by atoms with Crippen LogP contribution < -0.4 is 10.5 Å². The van der Waals surface area contributed by atoms with Gasteiger partial charge in [0.25, 0.3) is 0 Å². The standard InChI is InChI=1S/C13H19N3O2/c1-2-16(9-13(14)15-17)8-11-7-10-5-3-4-6-12(10)18-11/h3-6,11,17H,2,7-9H2,1H3,(H2,14,15). The molecule has 5 nitrogen and oxygen atoms in total. The van der Waals surface area contributed by atoms with Crippen molar-refractivity contribution in [2.75, 3.05) is 19.6 Å². The lowest BCUT2D eigenvalue weighted by Crippen LogP contribution is -2.40. The molecule has 0 spiro atoms. The van der Waals surface area contributed by atoms with Gasteiger partial charge in [-0.25, -0.2) is 0 Å². The zero-order valence-electron chi connectivity index (χ0n) is 10.5. The molecule has 5 heteroatoms. The summed E-state index contributed by atoms with van der Waals surface area (Å²) >= 11 is 0. The second kappa shape index (κ2) is 5.73. The molecular weight excluding hydrogens is 230 g/mol. The van der Waals surface area contributed by atoms with E-state index in [1.54, 1.807) is 0 Å². The summed E-state index contributed by atoms with van der Waals surface area (Å²) in [5, 5.41) is 11.6. The molecule has 1 unspecified atom stereocenters. The third-order valence-corrected chi connectivity index (χ3v) is 3.14. The third-order valence-electron chi connectivity index (χ3n) is 3.14. The first-order chi connectivity index (χ1) is 8.72. The molecule has 0 radical (unpaired) electrons. The van der Waals surface area contributed by atoms with Gasteiger partial charge in [-0.15, -0.1) is 0 Å². The van der Waals surface area contributed by atoms with Crippen LogP contribution in [0.2, 0.25) is 0 Å². The van der Waals surface area contributed by atoms with Gasteiger partial charge in [0.1, 0.15) is 11.9 Å². The van der Waals surface area contributed by atoms with Crippen molar-refractivity contribution in [3.63, 3.8) is 0 Å². The Morgan fingerprint density at radius 2 is 2.33 bits per heavy atom. The number of benzene rings is 1. The summed E-state index contributed by atoms with van der Waals surface area (Å²) in [4.78, 5) is 2.10. The molecular formula is C13H19N3O2. The molecule has 98 valence electrons. The lowest BCUT2D eigenvalue weighted by molar-refractivity contribution is 0.164. The van der Waals surface area contributed by atoms with Gasteiger partial charge in [-0.1, -0.05) is 30.3 Å². The number of nitrogens with two attached hydrogens (primary N) is 1. The van der Waals surface area contributed by atoms with Gasteiger partial charge in [-0.3, -0.25) is 4.90 Å². The molecule has 0 saturated carbocycles. The number of amidine groups is 1. The molecule has 2 rings (SSSR count). The van der Waals surface area contributed by atoms with E-state index < -0.39 is 0 Å². The van der Waals surface area contributed by atoms with E-state index in [-0.39, 0.29) is 11.9 Å². The molecule has 1 heterocycles. The molecule has 1 atom stereocenters. The maximum atomic E-state index is 8.59. The van der Waals surface area contributed by atoms with Gasteiger partial charge in [0.15, 0.2) is 5.84 Å². The molecule has 1 aliphatic heterocycles. The lowest BCUT2D eigenvalue weighted by Gasteiger charge is -2.22. The Labute approximate surface area is 107 Å². The van der Waals surface area contributed by atoms with Crippen molar-refractivity contribution < 1.29 is 9.94 Å². The summed E-state index contributed by atoms with van der Waals surface area (Å²) < 4.78 is 5.87. The first-order valence-corrected chi connectivity index (χ1v) is 6.16. The Bertz CT molecular complexity index is 409. The van der Waals surface area contributed by atoms with Crippen LogP contribution in [0.15, 0.2) is 29.4 Å². The highest BCUT2D eigenvalue weighted by Gasteiger charge is 2.24. The van der Waals surface area contributed by atoms with E-state index in [1.807, 2.05) is 25.1 Å². The predicted octanol–water partition coefficient (Wildman–Crippen LogP) is 1.06. The Morgan fingerprint density at radius 1 is 1.56 bits per heavy atom. The number of hydrogen-bond donors (Lipinski definition) is 2. The fourth-order valence-electron chi connectivity index (χ4n) is 2.21. The predicted molar refractivity (Wildman–Crippen MR) is 70.1 cm³/mol. The molecule has 0 saturated heterocycles. The highest BCUT2D eigenvalue weighted by Crippen LogP contribution is 2.28. The minimum Gasteiger partial charge on any atom is -0.488 e. The summed E-state index contributed by atoms with van der Waals surface area (Å²) in [5.74, 6) is 1.20. The van der Waals surface area contributed by atoms with Crippen molar-refractivity contribution in [3.8, 4) is 5.75 Å². The number of oxime groups is 1. The van der Waals surface area contributed by atoms with Crippen LogP contribution in [0.5, 0.6) is 5.75 Å². The molecule has 0 aromatic heterocycles. The Morgan fingerprint density at radius 3 is 3.00 bits per heavy atom. The van der Waals surface area contributed by atoms with Crippen molar-refractivity contribution in [1.29, 1.82) is 0 Å². The van der Waals surface area contributed by atoms with Gasteiger partial charge in [-0.2, -0.15) is 0 Å². The maximum absolute atomic E-state index is 8.59. The van der Waals surface area contributed by atoms with E-state index in [1.165, 1.54) is 5.56 Å². The van der Waals surface area contributed by atoms with Crippen molar-refractivity contribution in [2.24, 2.45) is 10.9 Å². The SMILES string of the molecule is CCN(CC(N)=NO)CC1Cc2ccccc2O1. The highest BCUT2D eigenvalue weighted by molar-refractivity contribution is 5.81.